The third-order valence-electron chi connectivity index (χ3n) is 1.40. The van der Waals surface area contributed by atoms with Gasteiger partial charge in [-0.3, -0.25) is 4.79 Å². The van der Waals surface area contributed by atoms with Crippen molar-refractivity contribution in [3.05, 3.63) is 47.7 Å². The molecule has 0 aliphatic rings. The molecule has 3 heteroatoms. The third kappa shape index (κ3) is 4.54. The Morgan fingerprint density at radius 3 is 2.31 bits per heavy atom. The molecule has 1 aromatic rings. The second-order valence-electron chi connectivity index (χ2n) is 2.52. The Morgan fingerprint density at radius 2 is 1.85 bits per heavy atom. The van der Waals surface area contributed by atoms with Crippen LogP contribution in [0.4, 0.5) is 0 Å². The summed E-state index contributed by atoms with van der Waals surface area (Å²) in [5, 5.41) is 8.82. The monoisotopic (exact) mass is 302 g/mol. The summed E-state index contributed by atoms with van der Waals surface area (Å²) < 4.78 is 0. The Hall–Kier alpha value is -0.193. The van der Waals surface area contributed by atoms with Gasteiger partial charge in [0.2, 0.25) is 0 Å². The van der Waals surface area contributed by atoms with Crippen LogP contribution in [-0.4, -0.2) is 10.9 Å². The Kier molecular flexibility index (Phi) is 6.20. The number of benzene rings is 1. The largest absolute Gasteiger partial charge is 0.512 e. The number of ketones is 1. The van der Waals surface area contributed by atoms with Crippen molar-refractivity contribution in [2.75, 3.05) is 0 Å². The minimum Gasteiger partial charge on any atom is -0.512 e. The molecule has 0 fully saturated rings. The smallest absolute Gasteiger partial charge is 0.189 e. The zero-order valence-electron chi connectivity index (χ0n) is 7.32. The summed E-state index contributed by atoms with van der Waals surface area (Å²) in [7, 11) is 0. The quantitative estimate of drug-likeness (QED) is 0.517. The van der Waals surface area contributed by atoms with Gasteiger partial charge in [-0.25, -0.2) is 0 Å². The Balaban J connectivity index is 0.00000144. The molecule has 0 saturated carbocycles. The predicted molar refractivity (Wildman–Crippen MR) is 47.2 cm³/mol. The van der Waals surface area contributed by atoms with Crippen molar-refractivity contribution in [1.29, 1.82) is 0 Å². The van der Waals surface area contributed by atoms with Crippen molar-refractivity contribution >= 4 is 5.78 Å². The molecule has 0 radical (unpaired) electrons. The molecule has 0 atom stereocenters. The summed E-state index contributed by atoms with van der Waals surface area (Å²) >= 11 is 0. The average Bonchev–Trinajstić information content (AvgIpc) is 2.05. The molecule has 13 heavy (non-hydrogen) atoms. The summed E-state index contributed by atoms with van der Waals surface area (Å²) in [4.78, 5) is 11.2. The van der Waals surface area contributed by atoms with Crippen molar-refractivity contribution < 1.29 is 51.6 Å². The second kappa shape index (κ2) is 6.29. The molecule has 0 unspecified atom stereocenters. The van der Waals surface area contributed by atoms with Gasteiger partial charge in [0.25, 0.3) is 0 Å². The standard InChI is InChI=1S/C10H10O2.Ce/c1-8(11)7-10(12)9-5-3-2-4-6-9;/h2-7,11H,1H3;/b8-7-;. The minimum atomic E-state index is -0.171. The maximum atomic E-state index is 11.2. The maximum Gasteiger partial charge on any atom is 0.189 e. The molecular formula is C10H10CeO2. The van der Waals surface area contributed by atoms with E-state index in [-0.39, 0.29) is 53.3 Å². The summed E-state index contributed by atoms with van der Waals surface area (Å²) in [5.41, 5.74) is 0.589. The van der Waals surface area contributed by atoms with Gasteiger partial charge in [-0.05, 0) is 6.92 Å². The molecule has 0 bridgehead atoms. The van der Waals surface area contributed by atoms with Crippen LogP contribution in [0.15, 0.2) is 42.2 Å². The molecule has 66 valence electrons. The maximum absolute atomic E-state index is 11.2. The number of carbonyl (C=O) groups excluding carboxylic acids is 1. The van der Waals surface area contributed by atoms with Crippen molar-refractivity contribution in [3.8, 4) is 0 Å². The summed E-state index contributed by atoms with van der Waals surface area (Å²) in [6.45, 7) is 1.47. The molecule has 0 aromatic heterocycles. The van der Waals surface area contributed by atoms with E-state index in [1.807, 2.05) is 6.07 Å². The Bertz CT molecular complexity index is 300. The van der Waals surface area contributed by atoms with Gasteiger partial charge >= 0.3 is 0 Å². The van der Waals surface area contributed by atoms with E-state index >= 15 is 0 Å². The molecule has 0 aliphatic heterocycles. The molecule has 1 aromatic carbocycles. The normalized spacial score (nSPS) is 10.4. The van der Waals surface area contributed by atoms with Gasteiger partial charge in [-0.15, -0.1) is 0 Å². The number of aliphatic hydroxyl groups excluding tert-OH is 1. The van der Waals surface area contributed by atoms with Crippen molar-refractivity contribution in [2.24, 2.45) is 0 Å². The van der Waals surface area contributed by atoms with Crippen LogP contribution in [0.25, 0.3) is 0 Å². The first-order valence-corrected chi connectivity index (χ1v) is 3.67. The zero-order valence-corrected chi connectivity index (χ0v) is 10.5. The molecule has 0 aliphatic carbocycles. The number of hydrogen-bond acceptors (Lipinski definition) is 2. The first kappa shape index (κ1) is 12.8. The third-order valence-corrected chi connectivity index (χ3v) is 1.40. The van der Waals surface area contributed by atoms with Crippen LogP contribution in [0, 0.1) is 41.7 Å². The fraction of sp³-hybridized carbons (Fsp3) is 0.100. The van der Waals surface area contributed by atoms with Crippen molar-refractivity contribution in [2.45, 2.75) is 6.92 Å². The van der Waals surface area contributed by atoms with E-state index in [2.05, 4.69) is 0 Å². The molecular weight excluding hydrogens is 292 g/mol. The van der Waals surface area contributed by atoms with Crippen molar-refractivity contribution in [1.82, 2.24) is 0 Å². The van der Waals surface area contributed by atoms with E-state index < -0.39 is 0 Å². The van der Waals surface area contributed by atoms with Crippen LogP contribution in [0.2, 0.25) is 0 Å². The predicted octanol–water partition coefficient (Wildman–Crippen LogP) is 2.33. The molecule has 2 nitrogen and oxygen atoms in total. The van der Waals surface area contributed by atoms with E-state index in [4.69, 9.17) is 5.11 Å². The van der Waals surface area contributed by atoms with E-state index in [9.17, 15) is 4.79 Å². The van der Waals surface area contributed by atoms with E-state index in [0.717, 1.165) is 0 Å². The van der Waals surface area contributed by atoms with Gasteiger partial charge in [-0.1, -0.05) is 30.3 Å². The van der Waals surface area contributed by atoms with Crippen LogP contribution in [0.3, 0.4) is 0 Å². The topological polar surface area (TPSA) is 37.3 Å². The van der Waals surface area contributed by atoms with Gasteiger partial charge in [0.1, 0.15) is 0 Å². The minimum absolute atomic E-state index is 0. The van der Waals surface area contributed by atoms with Crippen LogP contribution < -0.4 is 0 Å². The SMILES string of the molecule is C/C(O)=C/C(=O)c1ccccc1.[Ce]. The van der Waals surface area contributed by atoms with E-state index in [1.165, 1.54) is 13.0 Å². The van der Waals surface area contributed by atoms with Gasteiger partial charge in [0.05, 0.1) is 5.76 Å². The molecule has 1 N–H and O–H groups in total. The average molecular weight is 302 g/mol. The van der Waals surface area contributed by atoms with Gasteiger partial charge < -0.3 is 5.11 Å². The molecule has 0 heterocycles. The first-order valence-electron chi connectivity index (χ1n) is 3.67. The first-order chi connectivity index (χ1) is 5.70. The number of carbonyl (C=O) groups is 1. The molecule has 0 saturated heterocycles. The Morgan fingerprint density at radius 1 is 1.31 bits per heavy atom. The number of allylic oxidation sites excluding steroid dienone is 2. The molecule has 1 rings (SSSR count). The number of aliphatic hydroxyl groups is 1. The van der Waals surface area contributed by atoms with E-state index in [0.29, 0.717) is 5.56 Å². The van der Waals surface area contributed by atoms with Gasteiger partial charge in [0, 0.05) is 53.4 Å². The van der Waals surface area contributed by atoms with Crippen LogP contribution >= 0.6 is 0 Å². The summed E-state index contributed by atoms with van der Waals surface area (Å²) in [6, 6.07) is 8.83. The van der Waals surface area contributed by atoms with Crippen LogP contribution in [-0.2, 0) is 0 Å². The molecule has 0 spiro atoms. The van der Waals surface area contributed by atoms with Crippen LogP contribution in [0.1, 0.15) is 17.3 Å². The zero-order chi connectivity index (χ0) is 8.97. The second-order valence-corrected chi connectivity index (χ2v) is 2.52. The number of rotatable bonds is 2. The number of hydrogen-bond donors (Lipinski definition) is 1. The fourth-order valence-corrected chi connectivity index (χ4v) is 0.875. The Labute approximate surface area is 111 Å². The summed E-state index contributed by atoms with van der Waals surface area (Å²) in [5.74, 6) is -0.139. The fourth-order valence-electron chi connectivity index (χ4n) is 0.875. The summed E-state index contributed by atoms with van der Waals surface area (Å²) in [6.07, 6.45) is 1.20. The van der Waals surface area contributed by atoms with Crippen molar-refractivity contribution in [3.63, 3.8) is 0 Å². The van der Waals surface area contributed by atoms with Gasteiger partial charge in [0.15, 0.2) is 5.78 Å². The van der Waals surface area contributed by atoms with E-state index in [1.54, 1.807) is 24.3 Å². The van der Waals surface area contributed by atoms with Gasteiger partial charge in [-0.2, -0.15) is 0 Å². The van der Waals surface area contributed by atoms with Crippen LogP contribution in [0.5, 0.6) is 0 Å². The molecule has 0 amide bonds.